The fraction of sp³-hybridized carbons (Fsp3) is 1.00. The molecule has 0 atom stereocenters. The van der Waals surface area contributed by atoms with Crippen LogP contribution in [0.15, 0.2) is 0 Å². The molecule has 0 aromatic heterocycles. The van der Waals surface area contributed by atoms with E-state index >= 15 is 0 Å². The van der Waals surface area contributed by atoms with Gasteiger partial charge < -0.3 is 5.40 Å². The first-order valence-corrected chi connectivity index (χ1v) is 22.1. The van der Waals surface area contributed by atoms with Crippen LogP contribution in [-0.2, 0) is 0 Å². The van der Waals surface area contributed by atoms with Crippen LogP contribution >= 0.6 is 12.4 Å². The van der Waals surface area contributed by atoms with Gasteiger partial charge in [-0.25, -0.2) is 0 Å². The molecule has 0 aromatic rings. The molecule has 0 saturated carbocycles. The van der Waals surface area contributed by atoms with E-state index in [1.807, 2.05) is 13.8 Å². The normalized spacial score (nSPS) is 13.4. The van der Waals surface area contributed by atoms with Crippen LogP contribution in [0.5, 0.6) is 0 Å². The van der Waals surface area contributed by atoms with Crippen LogP contribution in [0.3, 0.4) is 0 Å². The van der Waals surface area contributed by atoms with Crippen LogP contribution in [0.2, 0.25) is 58.9 Å². The highest BCUT2D eigenvalue weighted by atomic mass is 35.5. The number of hydrogen-bond acceptors (Lipinski definition) is 1. The fourth-order valence-corrected chi connectivity index (χ4v) is 91.1. The number of halogens is 1. The Hall–Kier alpha value is 1.12. The Morgan fingerprint density at radius 1 is 0.529 bits per heavy atom. The van der Waals surface area contributed by atoms with Gasteiger partial charge in [0.15, 0.2) is 0 Å². The van der Waals surface area contributed by atoms with Gasteiger partial charge in [0.25, 0.3) is 0 Å². The molecule has 2 N–H and O–H groups in total. The summed E-state index contributed by atoms with van der Waals surface area (Å²) in [4.78, 5) is 0. The van der Waals surface area contributed by atoms with Gasteiger partial charge in [-0.15, -0.1) is 12.4 Å². The van der Waals surface area contributed by atoms with Gasteiger partial charge >= 0.3 is 0 Å². The second-order valence-electron chi connectivity index (χ2n) is 7.56. The Kier molecular flexibility index (Phi) is 9.63. The van der Waals surface area contributed by atoms with Gasteiger partial charge in [0.2, 0.25) is 0 Å². The summed E-state index contributed by atoms with van der Waals surface area (Å²) in [5.74, 6) is 0. The van der Waals surface area contributed by atoms with Gasteiger partial charge in [0.05, 0.1) is 29.6 Å². The molecule has 0 aliphatic rings. The number of hydrogen-bond donors (Lipinski definition) is 1. The average Bonchev–Trinajstić information content (AvgIpc) is 2.00. The molecule has 6 heteroatoms. The maximum atomic E-state index is 7.05. The molecule has 0 unspecified atom stereocenters. The van der Waals surface area contributed by atoms with E-state index in [2.05, 4.69) is 58.9 Å². The highest BCUT2D eigenvalue weighted by molar-refractivity contribution is 7.88. The van der Waals surface area contributed by atoms with Crippen LogP contribution in [0.1, 0.15) is 13.8 Å². The molecule has 0 fully saturated rings. The van der Waals surface area contributed by atoms with Crippen molar-refractivity contribution in [1.82, 2.24) is 0 Å². The minimum absolute atomic E-state index is 0. The largest absolute Gasteiger partial charge is 0.356 e. The Bertz CT molecular complexity index is 177. The van der Waals surface area contributed by atoms with Crippen LogP contribution in [0.4, 0.5) is 0 Å². The SMILES string of the molecule is CC.C[Si](C)(C)[Si](N)([Si](C)(C)C)[Si](C)(C)C.Cl. The predicted molar refractivity (Wildman–Crippen MR) is 98.6 cm³/mol. The summed E-state index contributed by atoms with van der Waals surface area (Å²) in [6.07, 6.45) is 0. The molecular formula is C11H36ClNSi4. The Morgan fingerprint density at radius 2 is 0.647 bits per heavy atom. The predicted octanol–water partition coefficient (Wildman–Crippen LogP) is 4.59. The van der Waals surface area contributed by atoms with Crippen molar-refractivity contribution in [1.29, 1.82) is 0 Å². The van der Waals surface area contributed by atoms with Gasteiger partial charge in [0.1, 0.15) is 0 Å². The first-order valence-electron chi connectivity index (χ1n) is 6.54. The van der Waals surface area contributed by atoms with Crippen molar-refractivity contribution >= 4 is 42.0 Å². The van der Waals surface area contributed by atoms with E-state index in [1.165, 1.54) is 0 Å². The van der Waals surface area contributed by atoms with Crippen molar-refractivity contribution in [3.8, 4) is 0 Å². The highest BCUT2D eigenvalue weighted by Crippen LogP contribution is 2.32. The lowest BCUT2D eigenvalue weighted by Crippen LogP contribution is -2.88. The summed E-state index contributed by atoms with van der Waals surface area (Å²) in [7, 11) is -3.42. The summed E-state index contributed by atoms with van der Waals surface area (Å²) in [6, 6.07) is 0. The Morgan fingerprint density at radius 3 is 0.647 bits per heavy atom. The van der Waals surface area contributed by atoms with Crippen molar-refractivity contribution in [2.24, 2.45) is 5.40 Å². The maximum Gasteiger partial charge on any atom is 0.0947 e. The molecule has 0 aliphatic heterocycles. The molecule has 0 aliphatic carbocycles. The van der Waals surface area contributed by atoms with Gasteiger partial charge in [-0.1, -0.05) is 72.8 Å². The molecule has 0 aromatic carbocycles. The van der Waals surface area contributed by atoms with Crippen molar-refractivity contribution in [3.05, 3.63) is 0 Å². The van der Waals surface area contributed by atoms with E-state index in [-0.39, 0.29) is 12.4 Å². The van der Waals surface area contributed by atoms with Crippen molar-refractivity contribution in [2.45, 2.75) is 72.8 Å². The van der Waals surface area contributed by atoms with Gasteiger partial charge in [0, 0.05) is 0 Å². The zero-order valence-corrected chi connectivity index (χ0v) is 18.8. The summed E-state index contributed by atoms with van der Waals surface area (Å²) >= 11 is 0. The van der Waals surface area contributed by atoms with E-state index < -0.39 is 29.6 Å². The first kappa shape index (κ1) is 23.2. The van der Waals surface area contributed by atoms with Crippen molar-refractivity contribution in [3.63, 3.8) is 0 Å². The summed E-state index contributed by atoms with van der Waals surface area (Å²) in [5.41, 5.74) is 0. The molecule has 0 saturated heterocycles. The Balaban J connectivity index is -0.000000616. The highest BCUT2D eigenvalue weighted by Gasteiger charge is 2.59. The fourth-order valence-electron chi connectivity index (χ4n) is 3.38. The molecule has 108 valence electrons. The zero-order valence-electron chi connectivity index (χ0n) is 14.0. The lowest BCUT2D eigenvalue weighted by molar-refractivity contribution is 1.50. The lowest BCUT2D eigenvalue weighted by atomic mass is 11.0. The lowest BCUT2D eigenvalue weighted by Gasteiger charge is -2.54. The van der Waals surface area contributed by atoms with Crippen LogP contribution < -0.4 is 5.40 Å². The van der Waals surface area contributed by atoms with E-state index in [9.17, 15) is 0 Å². The van der Waals surface area contributed by atoms with Crippen LogP contribution in [-0.4, -0.2) is 29.6 Å². The monoisotopic (exact) mass is 329 g/mol. The molecule has 0 spiro atoms. The van der Waals surface area contributed by atoms with Crippen LogP contribution in [0.25, 0.3) is 0 Å². The topological polar surface area (TPSA) is 26.0 Å². The van der Waals surface area contributed by atoms with Crippen molar-refractivity contribution in [2.75, 3.05) is 0 Å². The van der Waals surface area contributed by atoms with E-state index in [4.69, 9.17) is 5.40 Å². The molecule has 0 bridgehead atoms. The van der Waals surface area contributed by atoms with Gasteiger partial charge in [-0.2, -0.15) is 0 Å². The molecule has 0 rings (SSSR count). The third-order valence-electron chi connectivity index (χ3n) is 3.55. The molecule has 1 nitrogen and oxygen atoms in total. The van der Waals surface area contributed by atoms with E-state index in [0.717, 1.165) is 0 Å². The molecule has 0 amide bonds. The standard InChI is InChI=1S/C9H29NSi4.C2H6.ClH/c1-11(2,3)14(10,12(4,5)6)13(7,8)9;1-2;/h10H2,1-9H3;1-2H3;1H. The number of nitrogens with two attached hydrogens (primary N) is 1. The second kappa shape index (κ2) is 7.05. The third kappa shape index (κ3) is 4.95. The van der Waals surface area contributed by atoms with Gasteiger partial charge in [-0.3, -0.25) is 0 Å². The minimum Gasteiger partial charge on any atom is -0.356 e. The van der Waals surface area contributed by atoms with E-state index in [0.29, 0.717) is 0 Å². The minimum atomic E-state index is -1.44. The third-order valence-corrected chi connectivity index (χ3v) is 72.4. The maximum absolute atomic E-state index is 7.05. The molecule has 0 heterocycles. The quantitative estimate of drug-likeness (QED) is 0.753. The average molecular weight is 330 g/mol. The summed E-state index contributed by atoms with van der Waals surface area (Å²) in [6.45, 7) is 25.1. The Labute approximate surface area is 120 Å². The van der Waals surface area contributed by atoms with Crippen LogP contribution in [0, 0.1) is 0 Å². The summed E-state index contributed by atoms with van der Waals surface area (Å²) < 4.78 is 0. The summed E-state index contributed by atoms with van der Waals surface area (Å²) in [5, 5.41) is 7.05. The first-order chi connectivity index (χ1) is 6.75. The van der Waals surface area contributed by atoms with Crippen molar-refractivity contribution < 1.29 is 0 Å². The second-order valence-corrected chi connectivity index (χ2v) is 47.8. The molecule has 17 heavy (non-hydrogen) atoms. The van der Waals surface area contributed by atoms with Gasteiger partial charge in [-0.05, 0) is 0 Å². The smallest absolute Gasteiger partial charge is 0.0947 e. The zero-order chi connectivity index (χ0) is 14.0. The van der Waals surface area contributed by atoms with E-state index in [1.54, 1.807) is 0 Å². The molecular weight excluding hydrogens is 294 g/mol. The number of rotatable bonds is 3. The molecule has 0 radical (unpaired) electrons.